The van der Waals surface area contributed by atoms with Crippen molar-refractivity contribution in [2.75, 3.05) is 0 Å². The van der Waals surface area contributed by atoms with E-state index in [2.05, 4.69) is 21.5 Å². The van der Waals surface area contributed by atoms with Crippen molar-refractivity contribution in [3.05, 3.63) is 62.3 Å². The van der Waals surface area contributed by atoms with Crippen LogP contribution in [0.5, 0.6) is 0 Å². The van der Waals surface area contributed by atoms with Gasteiger partial charge in [0.05, 0.1) is 23.4 Å². The molecule has 0 radical (unpaired) electrons. The molecule has 126 valence electrons. The van der Waals surface area contributed by atoms with Gasteiger partial charge in [0.2, 0.25) is 0 Å². The highest BCUT2D eigenvalue weighted by molar-refractivity contribution is 7.10. The number of hydrogen-bond donors (Lipinski definition) is 2. The van der Waals surface area contributed by atoms with E-state index in [-0.39, 0.29) is 23.2 Å². The molecule has 2 heterocycles. The molecule has 3 aromatic rings. The molecular formula is C17H15N5O2S. The fraction of sp³-hybridized carbons (Fsp3) is 0.176. The zero-order valence-electron chi connectivity index (χ0n) is 13.6. The summed E-state index contributed by atoms with van der Waals surface area (Å²) in [5, 5.41) is 16.8. The molecule has 0 aliphatic carbocycles. The van der Waals surface area contributed by atoms with Crippen LogP contribution >= 0.6 is 11.3 Å². The summed E-state index contributed by atoms with van der Waals surface area (Å²) >= 11 is 1.44. The maximum absolute atomic E-state index is 12.3. The van der Waals surface area contributed by atoms with E-state index in [0.717, 1.165) is 16.3 Å². The number of carbonyl (C=O) groups excluding carboxylic acids is 1. The van der Waals surface area contributed by atoms with Crippen LogP contribution in [0.25, 0.3) is 11.3 Å². The van der Waals surface area contributed by atoms with E-state index in [1.165, 1.54) is 22.1 Å². The Morgan fingerprint density at radius 1 is 1.40 bits per heavy atom. The molecule has 0 saturated carbocycles. The first kappa shape index (κ1) is 16.7. The second-order valence-corrected chi connectivity index (χ2v) is 6.41. The molecule has 0 bridgehead atoms. The molecule has 7 nitrogen and oxygen atoms in total. The number of hydrogen-bond acceptors (Lipinski definition) is 5. The van der Waals surface area contributed by atoms with E-state index in [4.69, 9.17) is 5.26 Å². The number of nitriles is 1. The number of aryl methyl sites for hydroxylation is 1. The van der Waals surface area contributed by atoms with Gasteiger partial charge >= 0.3 is 0 Å². The molecule has 0 aliphatic rings. The lowest BCUT2D eigenvalue weighted by molar-refractivity contribution is 0.0930. The lowest BCUT2D eigenvalue weighted by Gasteiger charge is -2.11. The van der Waals surface area contributed by atoms with Crippen LogP contribution in [0, 0.1) is 11.3 Å². The van der Waals surface area contributed by atoms with Crippen LogP contribution in [-0.2, 0) is 7.05 Å². The van der Waals surface area contributed by atoms with E-state index in [0.29, 0.717) is 5.56 Å². The van der Waals surface area contributed by atoms with Gasteiger partial charge in [-0.05, 0) is 19.1 Å². The summed E-state index contributed by atoms with van der Waals surface area (Å²) in [6, 6.07) is 10.2. The fourth-order valence-corrected chi connectivity index (χ4v) is 3.20. The Labute approximate surface area is 147 Å². The Bertz CT molecular complexity index is 1010. The first-order valence-corrected chi connectivity index (χ1v) is 8.39. The van der Waals surface area contributed by atoms with Crippen molar-refractivity contribution in [1.29, 1.82) is 5.26 Å². The number of H-pyrrole nitrogens is 1. The van der Waals surface area contributed by atoms with Crippen molar-refractivity contribution in [1.82, 2.24) is 20.1 Å². The van der Waals surface area contributed by atoms with Crippen molar-refractivity contribution in [3.8, 4) is 17.3 Å². The number of thiazole rings is 1. The van der Waals surface area contributed by atoms with E-state index in [9.17, 15) is 9.59 Å². The molecule has 2 aromatic heterocycles. The smallest absolute Gasteiger partial charge is 0.270 e. The summed E-state index contributed by atoms with van der Waals surface area (Å²) in [6.45, 7) is 1.84. The molecule has 3 rings (SSSR count). The highest BCUT2D eigenvalue weighted by atomic mass is 32.1. The number of rotatable bonds is 4. The van der Waals surface area contributed by atoms with Crippen LogP contribution in [0.4, 0.5) is 0 Å². The van der Waals surface area contributed by atoms with Gasteiger partial charge in [-0.2, -0.15) is 5.26 Å². The van der Waals surface area contributed by atoms with Gasteiger partial charge in [-0.1, -0.05) is 12.1 Å². The van der Waals surface area contributed by atoms with Crippen molar-refractivity contribution in [2.24, 2.45) is 7.05 Å². The molecular weight excluding hydrogens is 338 g/mol. The number of aromatic amines is 1. The van der Waals surface area contributed by atoms with Crippen LogP contribution in [0.1, 0.15) is 34.0 Å². The lowest BCUT2D eigenvalue weighted by Crippen LogP contribution is -2.28. The van der Waals surface area contributed by atoms with E-state index in [1.807, 2.05) is 24.4 Å². The minimum absolute atomic E-state index is 0.265. The third-order valence-corrected chi connectivity index (χ3v) is 4.72. The quantitative estimate of drug-likeness (QED) is 0.750. The molecule has 25 heavy (non-hydrogen) atoms. The van der Waals surface area contributed by atoms with Crippen molar-refractivity contribution >= 4 is 17.2 Å². The van der Waals surface area contributed by atoms with Crippen molar-refractivity contribution in [2.45, 2.75) is 13.0 Å². The van der Waals surface area contributed by atoms with Crippen LogP contribution in [0.2, 0.25) is 0 Å². The second-order valence-electron chi connectivity index (χ2n) is 5.52. The molecule has 0 spiro atoms. The van der Waals surface area contributed by atoms with Gasteiger partial charge < -0.3 is 5.32 Å². The molecule has 0 saturated heterocycles. The maximum atomic E-state index is 12.3. The van der Waals surface area contributed by atoms with Crippen LogP contribution in [0.3, 0.4) is 0 Å². The summed E-state index contributed by atoms with van der Waals surface area (Å²) in [5.41, 5.74) is 2.24. The van der Waals surface area contributed by atoms with Gasteiger partial charge in [0.25, 0.3) is 11.5 Å². The lowest BCUT2D eigenvalue weighted by atomic mass is 10.1. The van der Waals surface area contributed by atoms with Crippen LogP contribution in [0.15, 0.2) is 40.5 Å². The number of aromatic nitrogens is 3. The van der Waals surface area contributed by atoms with Gasteiger partial charge in [-0.25, -0.2) is 4.98 Å². The summed E-state index contributed by atoms with van der Waals surface area (Å²) in [5.74, 6) is -0.344. The molecule has 1 atom stereocenters. The predicted octanol–water partition coefficient (Wildman–Crippen LogP) is 2.20. The second kappa shape index (κ2) is 6.75. The third kappa shape index (κ3) is 3.51. The number of amides is 1. The summed E-state index contributed by atoms with van der Waals surface area (Å²) in [7, 11) is 1.60. The molecule has 1 amide bonds. The van der Waals surface area contributed by atoms with Crippen LogP contribution in [-0.4, -0.2) is 20.7 Å². The summed E-state index contributed by atoms with van der Waals surface area (Å²) < 4.78 is 1.38. The average molecular weight is 353 g/mol. The fourth-order valence-electron chi connectivity index (χ4n) is 2.36. The first-order chi connectivity index (χ1) is 12.0. The number of nitrogens with zero attached hydrogens (tertiary/aromatic N) is 3. The van der Waals surface area contributed by atoms with Gasteiger partial charge in [0.15, 0.2) is 0 Å². The van der Waals surface area contributed by atoms with Gasteiger partial charge in [0.1, 0.15) is 10.7 Å². The number of benzene rings is 1. The molecule has 2 N–H and O–H groups in total. The monoisotopic (exact) mass is 353 g/mol. The minimum atomic E-state index is -0.344. The molecule has 0 aliphatic heterocycles. The Morgan fingerprint density at radius 3 is 2.72 bits per heavy atom. The van der Waals surface area contributed by atoms with Crippen LogP contribution < -0.4 is 10.9 Å². The van der Waals surface area contributed by atoms with Gasteiger partial charge in [-0.3, -0.25) is 19.4 Å². The Hall–Kier alpha value is -3.18. The summed E-state index contributed by atoms with van der Waals surface area (Å²) in [6.07, 6.45) is 0. The highest BCUT2D eigenvalue weighted by Gasteiger charge is 2.17. The average Bonchev–Trinajstić information content (AvgIpc) is 3.21. The first-order valence-electron chi connectivity index (χ1n) is 7.51. The van der Waals surface area contributed by atoms with Gasteiger partial charge in [0, 0.05) is 24.1 Å². The zero-order chi connectivity index (χ0) is 18.0. The summed E-state index contributed by atoms with van der Waals surface area (Å²) in [4.78, 5) is 28.1. The number of nitrogens with one attached hydrogen (secondary N) is 2. The van der Waals surface area contributed by atoms with Gasteiger partial charge in [-0.15, -0.1) is 11.3 Å². The maximum Gasteiger partial charge on any atom is 0.270 e. The van der Waals surface area contributed by atoms with E-state index in [1.54, 1.807) is 19.2 Å². The predicted molar refractivity (Wildman–Crippen MR) is 94.2 cm³/mol. The van der Waals surface area contributed by atoms with Crippen molar-refractivity contribution in [3.63, 3.8) is 0 Å². The topological polar surface area (TPSA) is 104 Å². The molecule has 0 fully saturated rings. The molecule has 1 aromatic carbocycles. The SMILES string of the molecule is CC(NC(=O)c1cc(=O)[nH]n1C)c1nc(-c2ccc(C#N)cc2)cs1. The Morgan fingerprint density at radius 2 is 2.12 bits per heavy atom. The minimum Gasteiger partial charge on any atom is -0.342 e. The zero-order valence-corrected chi connectivity index (χ0v) is 14.4. The van der Waals surface area contributed by atoms with E-state index < -0.39 is 0 Å². The standard InChI is InChI=1S/C17H15N5O2S/c1-10(19-16(24)14-7-15(23)21-22(14)2)17-20-13(9-25-17)12-5-3-11(8-18)4-6-12/h3-7,9-10H,1-2H3,(H,19,24)(H,21,23). The Balaban J connectivity index is 1.75. The molecule has 8 heteroatoms. The number of carbonyl (C=O) groups is 1. The Kier molecular flexibility index (Phi) is 4.50. The third-order valence-electron chi connectivity index (χ3n) is 3.69. The molecule has 1 unspecified atom stereocenters. The largest absolute Gasteiger partial charge is 0.342 e. The van der Waals surface area contributed by atoms with Crippen molar-refractivity contribution < 1.29 is 4.79 Å². The normalized spacial score (nSPS) is 11.7. The van der Waals surface area contributed by atoms with E-state index >= 15 is 0 Å². The highest BCUT2D eigenvalue weighted by Crippen LogP contribution is 2.25.